The van der Waals surface area contributed by atoms with E-state index in [4.69, 9.17) is 4.74 Å². The van der Waals surface area contributed by atoms with Gasteiger partial charge in [-0.3, -0.25) is 4.79 Å². The third kappa shape index (κ3) is 4.41. The van der Waals surface area contributed by atoms with E-state index in [2.05, 4.69) is 5.01 Å². The maximum absolute atomic E-state index is 13.5. The molecule has 0 N–H and O–H groups in total. The predicted octanol–water partition coefficient (Wildman–Crippen LogP) is 2.87. The smallest absolute Gasteiger partial charge is 0.309 e. The largest absolute Gasteiger partial charge is 0.462 e. The minimum absolute atomic E-state index is 0.0134. The molecule has 3 fully saturated rings. The molecule has 0 aromatic heterocycles. The molecule has 0 amide bonds. The highest BCUT2D eigenvalue weighted by molar-refractivity contribution is 5.72. The SMILES string of the molecule is O=C(OC1CCN(N2CCC(F)C(F)C2)CC1)C1CCCCC1. The summed E-state index contributed by atoms with van der Waals surface area (Å²) in [7, 11) is 0. The summed E-state index contributed by atoms with van der Waals surface area (Å²) < 4.78 is 32.4. The quantitative estimate of drug-likeness (QED) is 0.745. The molecule has 3 aliphatic rings. The molecule has 2 aliphatic heterocycles. The van der Waals surface area contributed by atoms with Gasteiger partial charge in [-0.2, -0.15) is 0 Å². The van der Waals surface area contributed by atoms with Gasteiger partial charge in [0, 0.05) is 26.2 Å². The Kier molecular flexibility index (Phi) is 5.85. The van der Waals surface area contributed by atoms with Gasteiger partial charge >= 0.3 is 5.97 Å². The first-order valence-electron chi connectivity index (χ1n) is 9.12. The fourth-order valence-electron chi connectivity index (χ4n) is 3.96. The van der Waals surface area contributed by atoms with E-state index in [0.29, 0.717) is 6.54 Å². The van der Waals surface area contributed by atoms with Crippen LogP contribution in [-0.4, -0.2) is 60.6 Å². The minimum Gasteiger partial charge on any atom is -0.462 e. The van der Waals surface area contributed by atoms with Crippen molar-refractivity contribution < 1.29 is 18.3 Å². The van der Waals surface area contributed by atoms with E-state index >= 15 is 0 Å². The van der Waals surface area contributed by atoms with Gasteiger partial charge in [-0.05, 0) is 32.1 Å². The lowest BCUT2D eigenvalue weighted by Crippen LogP contribution is -2.54. The predicted molar refractivity (Wildman–Crippen MR) is 83.2 cm³/mol. The Labute approximate surface area is 137 Å². The number of carbonyl (C=O) groups is 1. The monoisotopic (exact) mass is 330 g/mol. The second-order valence-electron chi connectivity index (χ2n) is 7.16. The van der Waals surface area contributed by atoms with Crippen molar-refractivity contribution in [2.24, 2.45) is 5.92 Å². The van der Waals surface area contributed by atoms with Crippen LogP contribution in [0.25, 0.3) is 0 Å². The van der Waals surface area contributed by atoms with E-state index in [0.717, 1.165) is 51.6 Å². The van der Waals surface area contributed by atoms with E-state index in [9.17, 15) is 13.6 Å². The fourth-order valence-corrected chi connectivity index (χ4v) is 3.96. The zero-order valence-corrected chi connectivity index (χ0v) is 13.8. The lowest BCUT2D eigenvalue weighted by Gasteiger charge is -2.42. The molecule has 2 heterocycles. The number of carbonyl (C=O) groups excluding carboxylic acids is 1. The number of nitrogens with zero attached hydrogens (tertiary/aromatic N) is 2. The van der Waals surface area contributed by atoms with Crippen LogP contribution in [0.5, 0.6) is 0 Å². The van der Waals surface area contributed by atoms with Crippen LogP contribution in [0.2, 0.25) is 0 Å². The molecule has 1 saturated carbocycles. The van der Waals surface area contributed by atoms with E-state index < -0.39 is 12.3 Å². The van der Waals surface area contributed by atoms with Crippen LogP contribution in [0.1, 0.15) is 51.4 Å². The molecule has 0 aromatic rings. The standard InChI is InChI=1S/C17H28F2N2O2/c18-15-8-11-21(12-16(15)19)20-9-6-14(7-10-20)23-17(22)13-4-2-1-3-5-13/h13-16H,1-12H2. The Morgan fingerprint density at radius 2 is 1.48 bits per heavy atom. The maximum Gasteiger partial charge on any atom is 0.309 e. The molecular formula is C17H28F2N2O2. The summed E-state index contributed by atoms with van der Waals surface area (Å²) in [4.78, 5) is 12.2. The third-order valence-electron chi connectivity index (χ3n) is 5.48. The molecule has 23 heavy (non-hydrogen) atoms. The molecule has 0 aromatic carbocycles. The first-order valence-corrected chi connectivity index (χ1v) is 9.12. The Morgan fingerprint density at radius 1 is 0.826 bits per heavy atom. The second-order valence-corrected chi connectivity index (χ2v) is 7.16. The van der Waals surface area contributed by atoms with Crippen molar-refractivity contribution in [2.45, 2.75) is 69.8 Å². The van der Waals surface area contributed by atoms with E-state index in [1.165, 1.54) is 6.42 Å². The van der Waals surface area contributed by atoms with Crippen molar-refractivity contribution in [2.75, 3.05) is 26.2 Å². The molecule has 1 aliphatic carbocycles. The molecule has 2 atom stereocenters. The summed E-state index contributed by atoms with van der Waals surface area (Å²) >= 11 is 0. The van der Waals surface area contributed by atoms with Crippen LogP contribution in [-0.2, 0) is 9.53 Å². The van der Waals surface area contributed by atoms with Crippen LogP contribution in [0.15, 0.2) is 0 Å². The van der Waals surface area contributed by atoms with E-state index in [-0.39, 0.29) is 31.0 Å². The highest BCUT2D eigenvalue weighted by Crippen LogP contribution is 2.27. The van der Waals surface area contributed by atoms with Crippen molar-refractivity contribution in [1.82, 2.24) is 10.0 Å². The number of hydrogen-bond acceptors (Lipinski definition) is 4. The van der Waals surface area contributed by atoms with Crippen LogP contribution in [0, 0.1) is 5.92 Å². The molecule has 3 rings (SSSR count). The molecule has 2 unspecified atom stereocenters. The molecule has 6 heteroatoms. The van der Waals surface area contributed by atoms with Gasteiger partial charge in [-0.25, -0.2) is 18.8 Å². The molecule has 4 nitrogen and oxygen atoms in total. The second kappa shape index (κ2) is 7.88. The number of halogens is 2. The molecule has 0 spiro atoms. The van der Waals surface area contributed by atoms with Crippen LogP contribution in [0.4, 0.5) is 8.78 Å². The van der Waals surface area contributed by atoms with Crippen molar-refractivity contribution in [3.63, 3.8) is 0 Å². The van der Waals surface area contributed by atoms with Crippen LogP contribution in [0.3, 0.4) is 0 Å². The minimum atomic E-state index is -1.38. The summed E-state index contributed by atoms with van der Waals surface area (Å²) in [5.74, 6) is 0.0721. The topological polar surface area (TPSA) is 32.8 Å². The number of rotatable bonds is 3. The molecule has 0 radical (unpaired) electrons. The lowest BCUT2D eigenvalue weighted by molar-refractivity contribution is -0.162. The van der Waals surface area contributed by atoms with Crippen LogP contribution < -0.4 is 0 Å². The summed E-state index contributed by atoms with van der Waals surface area (Å²) in [5, 5.41) is 4.03. The molecule has 0 bridgehead atoms. The lowest BCUT2D eigenvalue weighted by atomic mass is 9.89. The van der Waals surface area contributed by atoms with Crippen molar-refractivity contribution in [3.8, 4) is 0 Å². The van der Waals surface area contributed by atoms with Crippen molar-refractivity contribution >= 4 is 5.97 Å². The Hall–Kier alpha value is -0.750. The third-order valence-corrected chi connectivity index (χ3v) is 5.48. The summed E-state index contributed by atoms with van der Waals surface area (Å²) in [6.07, 6.45) is 4.54. The average Bonchev–Trinajstić information content (AvgIpc) is 2.59. The zero-order valence-electron chi connectivity index (χ0n) is 13.8. The normalized spacial score (nSPS) is 32.8. The number of esters is 1. The summed E-state index contributed by atoms with van der Waals surface area (Å²) in [5.41, 5.74) is 0. The number of alkyl halides is 2. The van der Waals surface area contributed by atoms with E-state index in [1.54, 1.807) is 0 Å². The number of ether oxygens (including phenoxy) is 1. The van der Waals surface area contributed by atoms with Gasteiger partial charge in [-0.1, -0.05) is 19.3 Å². The first-order chi connectivity index (χ1) is 11.1. The van der Waals surface area contributed by atoms with Gasteiger partial charge in [0.25, 0.3) is 0 Å². The number of hydrogen-bond donors (Lipinski definition) is 0. The summed E-state index contributed by atoms with van der Waals surface area (Å²) in [6, 6.07) is 0. The Balaban J connectivity index is 1.40. The van der Waals surface area contributed by atoms with Gasteiger partial charge < -0.3 is 4.74 Å². The van der Waals surface area contributed by atoms with Gasteiger partial charge in [0.05, 0.1) is 5.92 Å². The molecule has 2 saturated heterocycles. The Morgan fingerprint density at radius 3 is 2.13 bits per heavy atom. The summed E-state index contributed by atoms with van der Waals surface area (Å²) in [6.45, 7) is 2.24. The van der Waals surface area contributed by atoms with Gasteiger partial charge in [0.1, 0.15) is 18.4 Å². The number of piperidine rings is 2. The molecular weight excluding hydrogens is 302 g/mol. The Bertz CT molecular complexity index is 396. The number of hydrazine groups is 1. The van der Waals surface area contributed by atoms with Gasteiger partial charge in [-0.15, -0.1) is 0 Å². The van der Waals surface area contributed by atoms with E-state index in [1.807, 2.05) is 5.01 Å². The van der Waals surface area contributed by atoms with Gasteiger partial charge in [0.15, 0.2) is 0 Å². The zero-order chi connectivity index (χ0) is 16.2. The highest BCUT2D eigenvalue weighted by atomic mass is 19.2. The fraction of sp³-hybridized carbons (Fsp3) is 0.941. The van der Waals surface area contributed by atoms with Gasteiger partial charge in [0.2, 0.25) is 0 Å². The average molecular weight is 330 g/mol. The van der Waals surface area contributed by atoms with Crippen molar-refractivity contribution in [1.29, 1.82) is 0 Å². The maximum atomic E-state index is 13.5. The van der Waals surface area contributed by atoms with Crippen LogP contribution >= 0.6 is 0 Å². The molecule has 132 valence electrons. The van der Waals surface area contributed by atoms with Crippen molar-refractivity contribution in [3.05, 3.63) is 0 Å². The highest BCUT2D eigenvalue weighted by Gasteiger charge is 2.34. The first kappa shape index (κ1) is 17.1.